The Balaban J connectivity index is 1.97. The van der Waals surface area contributed by atoms with Gasteiger partial charge in [-0.15, -0.1) is 5.10 Å². The van der Waals surface area contributed by atoms with E-state index in [0.717, 1.165) is 5.69 Å². The summed E-state index contributed by atoms with van der Waals surface area (Å²) in [6, 6.07) is 6.55. The minimum absolute atomic E-state index is 0.241. The van der Waals surface area contributed by atoms with Crippen LogP contribution >= 0.6 is 0 Å². The number of anilines is 1. The van der Waals surface area contributed by atoms with Crippen molar-refractivity contribution in [3.05, 3.63) is 36.7 Å². The molecule has 2 N–H and O–H groups in total. The van der Waals surface area contributed by atoms with E-state index in [2.05, 4.69) is 20.4 Å². The molecule has 0 saturated heterocycles. The zero-order chi connectivity index (χ0) is 13.7. The van der Waals surface area contributed by atoms with Gasteiger partial charge in [-0.25, -0.2) is 13.1 Å². The fourth-order valence-electron chi connectivity index (χ4n) is 1.53. The predicted octanol–water partition coefficient (Wildman–Crippen LogP) is 0.298. The van der Waals surface area contributed by atoms with Crippen LogP contribution in [0.1, 0.15) is 0 Å². The fraction of sp³-hybridized carbons (Fsp3) is 0.273. The van der Waals surface area contributed by atoms with E-state index in [1.807, 2.05) is 0 Å². The van der Waals surface area contributed by atoms with E-state index in [9.17, 15) is 8.42 Å². The molecule has 0 saturated carbocycles. The summed E-state index contributed by atoms with van der Waals surface area (Å²) in [7, 11) is -1.70. The highest BCUT2D eigenvalue weighted by Gasteiger charge is 2.12. The first-order valence-electron chi connectivity index (χ1n) is 5.73. The number of rotatable bonds is 6. The van der Waals surface area contributed by atoms with Crippen molar-refractivity contribution in [1.29, 1.82) is 0 Å². The molecule has 2 aromatic rings. The molecular weight excluding hydrogens is 266 g/mol. The number of sulfonamides is 1. The van der Waals surface area contributed by atoms with Crippen LogP contribution < -0.4 is 10.0 Å². The Hall–Kier alpha value is -1.93. The number of benzene rings is 1. The maximum atomic E-state index is 12.0. The van der Waals surface area contributed by atoms with Crippen LogP contribution in [0.4, 0.5) is 5.69 Å². The Bertz CT molecular complexity index is 607. The molecule has 0 aliphatic rings. The van der Waals surface area contributed by atoms with E-state index < -0.39 is 10.0 Å². The molecule has 0 fully saturated rings. The van der Waals surface area contributed by atoms with E-state index in [4.69, 9.17) is 0 Å². The number of nitrogens with one attached hydrogen (secondary N) is 2. The molecular formula is C11H15N5O2S. The van der Waals surface area contributed by atoms with Crippen molar-refractivity contribution in [2.24, 2.45) is 0 Å². The maximum absolute atomic E-state index is 12.0. The minimum atomic E-state index is -3.48. The third kappa shape index (κ3) is 3.52. The smallest absolute Gasteiger partial charge is 0.240 e. The van der Waals surface area contributed by atoms with Gasteiger partial charge >= 0.3 is 0 Å². The van der Waals surface area contributed by atoms with E-state index in [1.165, 1.54) is 0 Å². The molecule has 0 aliphatic heterocycles. The van der Waals surface area contributed by atoms with Gasteiger partial charge in [-0.1, -0.05) is 5.21 Å². The fourth-order valence-corrected chi connectivity index (χ4v) is 2.55. The van der Waals surface area contributed by atoms with Crippen molar-refractivity contribution >= 4 is 15.7 Å². The highest BCUT2D eigenvalue weighted by Crippen LogP contribution is 2.13. The highest BCUT2D eigenvalue weighted by atomic mass is 32.2. The van der Waals surface area contributed by atoms with Crippen LogP contribution in [-0.4, -0.2) is 37.0 Å². The lowest BCUT2D eigenvalue weighted by molar-refractivity contribution is 0.553. The van der Waals surface area contributed by atoms with Crippen molar-refractivity contribution in [3.8, 4) is 0 Å². The molecule has 0 unspecified atom stereocenters. The van der Waals surface area contributed by atoms with Crippen LogP contribution in [0.25, 0.3) is 0 Å². The Morgan fingerprint density at radius 2 is 2.00 bits per heavy atom. The lowest BCUT2D eigenvalue weighted by Gasteiger charge is -2.07. The van der Waals surface area contributed by atoms with Crippen molar-refractivity contribution in [1.82, 2.24) is 19.7 Å². The van der Waals surface area contributed by atoms with Gasteiger partial charge in [-0.2, -0.15) is 0 Å². The summed E-state index contributed by atoms with van der Waals surface area (Å²) in [5.41, 5.74) is 0.863. The Labute approximate surface area is 111 Å². The molecule has 0 amide bonds. The molecule has 7 nitrogen and oxygen atoms in total. The largest absolute Gasteiger partial charge is 0.388 e. The summed E-state index contributed by atoms with van der Waals surface area (Å²) in [5.74, 6) is 0. The van der Waals surface area contributed by atoms with Gasteiger partial charge in [-0.3, -0.25) is 4.68 Å². The Morgan fingerprint density at radius 3 is 2.58 bits per heavy atom. The molecule has 2 rings (SSSR count). The monoisotopic (exact) mass is 281 g/mol. The second-order valence-corrected chi connectivity index (χ2v) is 5.61. The van der Waals surface area contributed by atoms with E-state index in [0.29, 0.717) is 6.54 Å². The maximum Gasteiger partial charge on any atom is 0.240 e. The first-order valence-corrected chi connectivity index (χ1v) is 7.22. The van der Waals surface area contributed by atoms with Gasteiger partial charge in [0, 0.05) is 25.5 Å². The Morgan fingerprint density at radius 1 is 1.26 bits per heavy atom. The van der Waals surface area contributed by atoms with Gasteiger partial charge in [0.1, 0.15) is 0 Å². The van der Waals surface area contributed by atoms with Crippen LogP contribution in [0.2, 0.25) is 0 Å². The molecule has 1 heterocycles. The van der Waals surface area contributed by atoms with Crippen LogP contribution in [0, 0.1) is 0 Å². The molecule has 0 aliphatic carbocycles. The molecule has 0 spiro atoms. The molecule has 0 bridgehead atoms. The normalized spacial score (nSPS) is 11.4. The number of nitrogens with zero attached hydrogens (tertiary/aromatic N) is 3. The number of aromatic nitrogens is 3. The SMILES string of the molecule is CNc1ccc(S(=O)(=O)NCCn2ccnn2)cc1. The van der Waals surface area contributed by atoms with Crippen LogP contribution in [0.3, 0.4) is 0 Å². The first kappa shape index (κ1) is 13.5. The van der Waals surface area contributed by atoms with E-state index in [1.54, 1.807) is 48.4 Å². The van der Waals surface area contributed by atoms with Gasteiger partial charge in [0.15, 0.2) is 0 Å². The van der Waals surface area contributed by atoms with Gasteiger partial charge in [0.05, 0.1) is 17.6 Å². The predicted molar refractivity (Wildman–Crippen MR) is 71.2 cm³/mol. The zero-order valence-corrected chi connectivity index (χ0v) is 11.3. The quantitative estimate of drug-likeness (QED) is 0.795. The third-order valence-corrected chi connectivity index (χ3v) is 4.04. The van der Waals surface area contributed by atoms with E-state index in [-0.39, 0.29) is 11.4 Å². The standard InChI is InChI=1S/C11H15N5O2S/c1-12-10-2-4-11(5-3-10)19(17,18)14-7-9-16-8-6-13-15-16/h2-6,8,12,14H,7,9H2,1H3. The molecule has 1 aromatic carbocycles. The van der Waals surface area contributed by atoms with Crippen molar-refractivity contribution in [2.75, 3.05) is 18.9 Å². The highest BCUT2D eigenvalue weighted by molar-refractivity contribution is 7.89. The summed E-state index contributed by atoms with van der Waals surface area (Å²) in [6.45, 7) is 0.702. The second kappa shape index (κ2) is 5.81. The molecule has 19 heavy (non-hydrogen) atoms. The van der Waals surface area contributed by atoms with E-state index >= 15 is 0 Å². The van der Waals surface area contributed by atoms with Gasteiger partial charge in [0.2, 0.25) is 10.0 Å². The third-order valence-electron chi connectivity index (χ3n) is 2.56. The zero-order valence-electron chi connectivity index (χ0n) is 10.4. The number of hydrogen-bond acceptors (Lipinski definition) is 5. The summed E-state index contributed by atoms with van der Waals surface area (Å²) in [6.07, 6.45) is 3.22. The summed E-state index contributed by atoms with van der Waals surface area (Å²) >= 11 is 0. The molecule has 1 aromatic heterocycles. The van der Waals surface area contributed by atoms with Gasteiger partial charge in [-0.05, 0) is 24.3 Å². The summed E-state index contributed by atoms with van der Waals surface area (Å²) in [5, 5.41) is 10.3. The van der Waals surface area contributed by atoms with Crippen molar-refractivity contribution in [2.45, 2.75) is 11.4 Å². The average Bonchev–Trinajstić information content (AvgIpc) is 2.92. The summed E-state index contributed by atoms with van der Waals surface area (Å²) < 4.78 is 28.0. The van der Waals surface area contributed by atoms with Gasteiger partial charge < -0.3 is 5.32 Å². The van der Waals surface area contributed by atoms with Crippen LogP contribution in [0.5, 0.6) is 0 Å². The Kier molecular flexibility index (Phi) is 4.13. The topological polar surface area (TPSA) is 88.9 Å². The average molecular weight is 281 g/mol. The second-order valence-electron chi connectivity index (χ2n) is 3.84. The molecule has 8 heteroatoms. The van der Waals surface area contributed by atoms with Gasteiger partial charge in [0.25, 0.3) is 0 Å². The van der Waals surface area contributed by atoms with Crippen molar-refractivity contribution in [3.63, 3.8) is 0 Å². The summed E-state index contributed by atoms with van der Waals surface area (Å²) in [4.78, 5) is 0.241. The first-order chi connectivity index (χ1) is 9.12. The minimum Gasteiger partial charge on any atom is -0.388 e. The lowest BCUT2D eigenvalue weighted by atomic mass is 10.3. The lowest BCUT2D eigenvalue weighted by Crippen LogP contribution is -2.27. The van der Waals surface area contributed by atoms with Crippen molar-refractivity contribution < 1.29 is 8.42 Å². The van der Waals surface area contributed by atoms with Crippen LogP contribution in [0.15, 0.2) is 41.6 Å². The molecule has 102 valence electrons. The molecule has 0 atom stereocenters. The number of hydrogen-bond donors (Lipinski definition) is 2. The molecule has 0 radical (unpaired) electrons. The van der Waals surface area contributed by atoms with Crippen LogP contribution in [-0.2, 0) is 16.6 Å².